The maximum atomic E-state index is 11.8. The first kappa shape index (κ1) is 25.4. The van der Waals surface area contributed by atoms with Crippen LogP contribution in [0.2, 0.25) is 0 Å². The van der Waals surface area contributed by atoms with Gasteiger partial charge in [0.25, 0.3) is 0 Å². The fraction of sp³-hybridized carbons (Fsp3) is 0.207. The molecule has 1 saturated heterocycles. The Bertz CT molecular complexity index is 1530. The average Bonchev–Trinajstić information content (AvgIpc) is 3.47. The third kappa shape index (κ3) is 5.84. The van der Waals surface area contributed by atoms with Crippen molar-refractivity contribution in [3.63, 3.8) is 0 Å². The van der Waals surface area contributed by atoms with E-state index in [0.717, 1.165) is 54.1 Å². The van der Waals surface area contributed by atoms with E-state index in [1.165, 1.54) is 6.26 Å². The van der Waals surface area contributed by atoms with Crippen LogP contribution in [0.4, 0.5) is 23.3 Å². The summed E-state index contributed by atoms with van der Waals surface area (Å²) in [5.41, 5.74) is 7.47. The lowest BCUT2D eigenvalue weighted by Crippen LogP contribution is -2.21. The quantitative estimate of drug-likeness (QED) is 0.223. The number of hydrogen-bond donors (Lipinski definition) is 2. The molecule has 1 aliphatic rings. The van der Waals surface area contributed by atoms with Gasteiger partial charge in [0.05, 0.1) is 16.2 Å². The second kappa shape index (κ2) is 11.0. The van der Waals surface area contributed by atoms with Gasteiger partial charge in [0.15, 0.2) is 15.7 Å². The van der Waals surface area contributed by atoms with Crippen LogP contribution in [0, 0.1) is 0 Å². The van der Waals surface area contributed by atoms with E-state index in [1.54, 1.807) is 24.3 Å². The highest BCUT2D eigenvalue weighted by atomic mass is 32.2. The monoisotopic (exact) mass is 526 g/mol. The van der Waals surface area contributed by atoms with Gasteiger partial charge in [-0.3, -0.25) is 5.43 Å². The predicted molar refractivity (Wildman–Crippen MR) is 154 cm³/mol. The Labute approximate surface area is 223 Å². The van der Waals surface area contributed by atoms with E-state index >= 15 is 0 Å². The molecule has 2 N–H and O–H groups in total. The van der Waals surface area contributed by atoms with E-state index in [4.69, 9.17) is 9.97 Å². The molecule has 3 aromatic carbocycles. The van der Waals surface area contributed by atoms with Gasteiger partial charge in [0.1, 0.15) is 5.82 Å². The van der Waals surface area contributed by atoms with Crippen molar-refractivity contribution >= 4 is 38.8 Å². The smallest absolute Gasteiger partial charge is 0.231 e. The summed E-state index contributed by atoms with van der Waals surface area (Å²) in [6.07, 6.45) is 3.43. The Morgan fingerprint density at radius 2 is 1.50 bits per heavy atom. The number of sulfone groups is 1. The first-order chi connectivity index (χ1) is 18.4. The molecule has 2 heterocycles. The van der Waals surface area contributed by atoms with E-state index in [0.29, 0.717) is 17.5 Å². The largest absolute Gasteiger partial charge is 0.356 e. The van der Waals surface area contributed by atoms with E-state index in [-0.39, 0.29) is 4.90 Å². The summed E-state index contributed by atoms with van der Waals surface area (Å²) >= 11 is 0. The number of nitrogens with one attached hydrogen (secondary N) is 2. The molecule has 1 fully saturated rings. The van der Waals surface area contributed by atoms with Crippen molar-refractivity contribution < 1.29 is 8.42 Å². The van der Waals surface area contributed by atoms with Crippen molar-refractivity contribution in [1.29, 1.82) is 0 Å². The number of hydrazone groups is 1. The number of benzene rings is 3. The standard InChI is InChI=1S/C29H30N6O2S/c1-21(22-15-17-25(18-16-22)38(2,36)37)33-34-27-26(23-11-5-3-6-12-23)28(35-19-9-10-20-35)32-29(31-27)30-24-13-7-4-8-14-24/h3-8,11-18H,9-10,19-20H2,1-2H3,(H2,30,31,32,34). The summed E-state index contributed by atoms with van der Waals surface area (Å²) in [5.74, 6) is 1.92. The Hall–Kier alpha value is -4.24. The van der Waals surface area contributed by atoms with Crippen LogP contribution < -0.4 is 15.6 Å². The minimum atomic E-state index is -3.26. The zero-order valence-electron chi connectivity index (χ0n) is 21.4. The van der Waals surface area contributed by atoms with Crippen LogP contribution in [0.1, 0.15) is 25.3 Å². The second-order valence-electron chi connectivity index (χ2n) is 9.25. The number of hydrogen-bond acceptors (Lipinski definition) is 8. The summed E-state index contributed by atoms with van der Waals surface area (Å²) in [4.78, 5) is 12.4. The van der Waals surface area contributed by atoms with Gasteiger partial charge in [-0.2, -0.15) is 15.1 Å². The van der Waals surface area contributed by atoms with Crippen molar-refractivity contribution in [3.05, 3.63) is 90.5 Å². The third-order valence-corrected chi connectivity index (χ3v) is 7.55. The molecule has 5 rings (SSSR count). The number of nitrogens with zero attached hydrogens (tertiary/aromatic N) is 4. The third-order valence-electron chi connectivity index (χ3n) is 6.42. The SMILES string of the molecule is CC(=NNc1nc(Nc2ccccc2)nc(N2CCCC2)c1-c1ccccc1)c1ccc(S(C)(=O)=O)cc1. The van der Waals surface area contributed by atoms with Gasteiger partial charge in [-0.05, 0) is 55.2 Å². The highest BCUT2D eigenvalue weighted by Gasteiger charge is 2.23. The molecule has 0 saturated carbocycles. The molecule has 38 heavy (non-hydrogen) atoms. The summed E-state index contributed by atoms with van der Waals surface area (Å²) in [5, 5.41) is 7.97. The number of aromatic nitrogens is 2. The number of anilines is 4. The van der Waals surface area contributed by atoms with Crippen molar-refractivity contribution in [1.82, 2.24) is 9.97 Å². The van der Waals surface area contributed by atoms with Crippen LogP contribution in [-0.4, -0.2) is 43.4 Å². The molecule has 9 heteroatoms. The number of para-hydroxylation sites is 1. The summed E-state index contributed by atoms with van der Waals surface area (Å²) in [7, 11) is -3.26. The topological polar surface area (TPSA) is 99.6 Å². The molecule has 1 aromatic heterocycles. The van der Waals surface area contributed by atoms with Crippen LogP contribution in [0.25, 0.3) is 11.1 Å². The molecule has 0 bridgehead atoms. The van der Waals surface area contributed by atoms with E-state index in [1.807, 2.05) is 67.6 Å². The second-order valence-corrected chi connectivity index (χ2v) is 11.3. The van der Waals surface area contributed by atoms with Crippen LogP contribution in [0.5, 0.6) is 0 Å². The van der Waals surface area contributed by atoms with E-state index in [2.05, 4.69) is 20.7 Å². The Morgan fingerprint density at radius 3 is 2.13 bits per heavy atom. The summed E-state index contributed by atoms with van der Waals surface area (Å²) < 4.78 is 23.7. The molecular formula is C29H30N6O2S. The van der Waals surface area contributed by atoms with Crippen molar-refractivity contribution in [2.24, 2.45) is 5.10 Å². The highest BCUT2D eigenvalue weighted by molar-refractivity contribution is 7.90. The van der Waals surface area contributed by atoms with Crippen LogP contribution >= 0.6 is 0 Å². The van der Waals surface area contributed by atoms with Crippen LogP contribution in [-0.2, 0) is 9.84 Å². The number of rotatable bonds is 8. The summed E-state index contributed by atoms with van der Waals surface area (Å²) in [6.45, 7) is 3.72. The van der Waals surface area contributed by atoms with Crippen LogP contribution in [0.15, 0.2) is 94.9 Å². The molecule has 0 atom stereocenters. The summed E-state index contributed by atoms with van der Waals surface area (Å²) in [6, 6.07) is 26.6. The molecule has 0 unspecified atom stereocenters. The molecular weight excluding hydrogens is 496 g/mol. The van der Waals surface area contributed by atoms with Crippen molar-refractivity contribution in [2.45, 2.75) is 24.7 Å². The van der Waals surface area contributed by atoms with Gasteiger partial charge >= 0.3 is 0 Å². The van der Waals surface area contributed by atoms with Gasteiger partial charge < -0.3 is 10.2 Å². The molecule has 194 valence electrons. The average molecular weight is 527 g/mol. The molecule has 8 nitrogen and oxygen atoms in total. The molecule has 0 aliphatic carbocycles. The fourth-order valence-corrected chi connectivity index (χ4v) is 5.04. The maximum Gasteiger partial charge on any atom is 0.231 e. The van der Waals surface area contributed by atoms with Crippen LogP contribution in [0.3, 0.4) is 0 Å². The Kier molecular flexibility index (Phi) is 7.37. The fourth-order valence-electron chi connectivity index (χ4n) is 4.41. The lowest BCUT2D eigenvalue weighted by atomic mass is 10.1. The Balaban J connectivity index is 1.57. The van der Waals surface area contributed by atoms with E-state index < -0.39 is 9.84 Å². The highest BCUT2D eigenvalue weighted by Crippen LogP contribution is 2.38. The van der Waals surface area contributed by atoms with E-state index in [9.17, 15) is 8.42 Å². The van der Waals surface area contributed by atoms with Crippen molar-refractivity contribution in [3.8, 4) is 11.1 Å². The first-order valence-electron chi connectivity index (χ1n) is 12.5. The zero-order chi connectivity index (χ0) is 26.5. The molecule has 0 radical (unpaired) electrons. The lowest BCUT2D eigenvalue weighted by Gasteiger charge is -2.23. The minimum absolute atomic E-state index is 0.274. The van der Waals surface area contributed by atoms with Gasteiger partial charge in [-0.15, -0.1) is 0 Å². The Morgan fingerprint density at radius 1 is 0.868 bits per heavy atom. The molecule has 1 aliphatic heterocycles. The first-order valence-corrected chi connectivity index (χ1v) is 14.4. The van der Waals surface area contributed by atoms with Gasteiger partial charge in [-0.1, -0.05) is 60.7 Å². The lowest BCUT2D eigenvalue weighted by molar-refractivity contribution is 0.602. The zero-order valence-corrected chi connectivity index (χ0v) is 22.2. The molecule has 0 spiro atoms. The van der Waals surface area contributed by atoms with Gasteiger partial charge in [-0.25, -0.2) is 8.42 Å². The minimum Gasteiger partial charge on any atom is -0.356 e. The normalized spacial score (nSPS) is 13.9. The molecule has 4 aromatic rings. The van der Waals surface area contributed by atoms with Gasteiger partial charge in [0.2, 0.25) is 5.95 Å². The maximum absolute atomic E-state index is 11.8. The van der Waals surface area contributed by atoms with Gasteiger partial charge in [0, 0.05) is 25.0 Å². The predicted octanol–water partition coefficient (Wildman–Crippen LogP) is 5.73. The molecule has 0 amide bonds. The van der Waals surface area contributed by atoms with Crippen molar-refractivity contribution in [2.75, 3.05) is 35.0 Å².